The molecule has 1 heterocycles. The topological polar surface area (TPSA) is 49.8 Å². The first-order chi connectivity index (χ1) is 15.9. The fraction of sp³-hybridized carbons (Fsp3) is 0.296. The number of benzene rings is 3. The van der Waals surface area contributed by atoms with Crippen molar-refractivity contribution in [1.82, 2.24) is 4.90 Å². The van der Waals surface area contributed by atoms with Gasteiger partial charge >= 0.3 is 6.09 Å². The SMILES string of the molecule is C[C@@H](c1ccc(-c2ccc(F)cc2)cc1)N1CCC(CCCO)(c2ccccc2F)OC1=O. The van der Waals surface area contributed by atoms with E-state index in [2.05, 4.69) is 0 Å². The van der Waals surface area contributed by atoms with Crippen LogP contribution in [0.4, 0.5) is 13.6 Å². The molecule has 172 valence electrons. The van der Waals surface area contributed by atoms with Gasteiger partial charge in [-0.3, -0.25) is 0 Å². The van der Waals surface area contributed by atoms with Crippen LogP contribution in [0, 0.1) is 11.6 Å². The molecule has 0 aliphatic carbocycles. The van der Waals surface area contributed by atoms with Gasteiger partial charge in [-0.1, -0.05) is 54.6 Å². The second-order valence-corrected chi connectivity index (χ2v) is 8.42. The van der Waals surface area contributed by atoms with Crippen molar-refractivity contribution in [3.63, 3.8) is 0 Å². The van der Waals surface area contributed by atoms with E-state index in [0.29, 0.717) is 31.4 Å². The van der Waals surface area contributed by atoms with Crippen LogP contribution in [-0.4, -0.2) is 29.3 Å². The molecule has 4 nitrogen and oxygen atoms in total. The molecule has 0 saturated carbocycles. The molecular formula is C27H27F2NO3. The van der Waals surface area contributed by atoms with Crippen molar-refractivity contribution in [1.29, 1.82) is 0 Å². The highest BCUT2D eigenvalue weighted by Gasteiger charge is 2.44. The summed E-state index contributed by atoms with van der Waals surface area (Å²) in [5.74, 6) is -0.695. The van der Waals surface area contributed by atoms with Gasteiger partial charge in [0.05, 0.1) is 6.04 Å². The number of cyclic esters (lactones) is 1. The van der Waals surface area contributed by atoms with E-state index in [0.717, 1.165) is 16.7 Å². The Morgan fingerprint density at radius 3 is 2.24 bits per heavy atom. The predicted octanol–water partition coefficient (Wildman–Crippen LogP) is 6.20. The number of aliphatic hydroxyl groups excluding tert-OH is 1. The van der Waals surface area contributed by atoms with Gasteiger partial charge in [-0.25, -0.2) is 13.6 Å². The van der Waals surface area contributed by atoms with Gasteiger partial charge in [0.1, 0.15) is 17.2 Å². The Morgan fingerprint density at radius 2 is 1.64 bits per heavy atom. The van der Waals surface area contributed by atoms with Gasteiger partial charge in [0.25, 0.3) is 0 Å². The van der Waals surface area contributed by atoms with Gasteiger partial charge in [0.15, 0.2) is 0 Å². The maximum absolute atomic E-state index is 14.6. The van der Waals surface area contributed by atoms with Crippen LogP contribution in [0.2, 0.25) is 0 Å². The number of aliphatic hydroxyl groups is 1. The summed E-state index contributed by atoms with van der Waals surface area (Å²) in [6, 6.07) is 20.2. The number of hydrogen-bond acceptors (Lipinski definition) is 3. The molecule has 3 aromatic carbocycles. The zero-order valence-electron chi connectivity index (χ0n) is 18.5. The van der Waals surface area contributed by atoms with Crippen molar-refractivity contribution in [3.8, 4) is 11.1 Å². The zero-order valence-corrected chi connectivity index (χ0v) is 18.5. The maximum atomic E-state index is 14.6. The molecule has 0 bridgehead atoms. The van der Waals surface area contributed by atoms with Crippen LogP contribution < -0.4 is 0 Å². The first kappa shape index (κ1) is 22.9. The third-order valence-corrected chi connectivity index (χ3v) is 6.42. The Balaban J connectivity index is 1.52. The molecule has 1 fully saturated rings. The van der Waals surface area contributed by atoms with Crippen molar-refractivity contribution in [2.24, 2.45) is 0 Å². The number of nitrogens with zero attached hydrogens (tertiary/aromatic N) is 1. The van der Waals surface area contributed by atoms with E-state index < -0.39 is 17.5 Å². The highest BCUT2D eigenvalue weighted by molar-refractivity contribution is 5.70. The molecule has 1 N–H and O–H groups in total. The molecule has 3 aromatic rings. The van der Waals surface area contributed by atoms with Crippen molar-refractivity contribution >= 4 is 6.09 Å². The van der Waals surface area contributed by atoms with Gasteiger partial charge in [0, 0.05) is 25.1 Å². The van der Waals surface area contributed by atoms with Gasteiger partial charge in [0.2, 0.25) is 0 Å². The monoisotopic (exact) mass is 451 g/mol. The molecule has 1 aliphatic heterocycles. The molecule has 6 heteroatoms. The fourth-order valence-corrected chi connectivity index (χ4v) is 4.49. The third kappa shape index (κ3) is 4.76. The minimum atomic E-state index is -1.09. The van der Waals surface area contributed by atoms with Crippen LogP contribution in [-0.2, 0) is 10.3 Å². The normalized spacial score (nSPS) is 19.3. The molecule has 33 heavy (non-hydrogen) atoms. The number of hydrogen-bond donors (Lipinski definition) is 1. The number of carbonyl (C=O) groups excluding carboxylic acids is 1. The lowest BCUT2D eigenvalue weighted by molar-refractivity contribution is -0.0697. The number of ether oxygens (including phenoxy) is 1. The number of amides is 1. The van der Waals surface area contributed by atoms with Crippen LogP contribution in [0.5, 0.6) is 0 Å². The Kier molecular flexibility index (Phi) is 6.75. The van der Waals surface area contributed by atoms with Crippen molar-refractivity contribution in [3.05, 3.63) is 95.6 Å². The summed E-state index contributed by atoms with van der Waals surface area (Å²) in [5, 5.41) is 9.34. The summed E-state index contributed by atoms with van der Waals surface area (Å²) in [6.45, 7) is 2.27. The van der Waals surface area contributed by atoms with Gasteiger partial charge in [-0.2, -0.15) is 0 Å². The highest BCUT2D eigenvalue weighted by atomic mass is 19.1. The summed E-state index contributed by atoms with van der Waals surface area (Å²) in [7, 11) is 0. The second kappa shape index (κ2) is 9.71. The maximum Gasteiger partial charge on any atom is 0.411 e. The molecular weight excluding hydrogens is 424 g/mol. The van der Waals surface area contributed by atoms with Crippen LogP contribution in [0.1, 0.15) is 43.4 Å². The highest BCUT2D eigenvalue weighted by Crippen LogP contribution is 2.41. The quantitative estimate of drug-likeness (QED) is 0.465. The molecule has 0 spiro atoms. The van der Waals surface area contributed by atoms with E-state index in [4.69, 9.17) is 4.74 Å². The largest absolute Gasteiger partial charge is 0.438 e. The van der Waals surface area contributed by atoms with Gasteiger partial charge in [-0.15, -0.1) is 0 Å². The lowest BCUT2D eigenvalue weighted by Crippen LogP contribution is -2.49. The van der Waals surface area contributed by atoms with E-state index in [9.17, 15) is 18.7 Å². The van der Waals surface area contributed by atoms with E-state index in [1.807, 2.05) is 31.2 Å². The summed E-state index contributed by atoms with van der Waals surface area (Å²) in [4.78, 5) is 14.7. The van der Waals surface area contributed by atoms with Gasteiger partial charge in [-0.05, 0) is 54.7 Å². The summed E-state index contributed by atoms with van der Waals surface area (Å²) in [6.07, 6.45) is 0.683. The first-order valence-corrected chi connectivity index (χ1v) is 11.1. The van der Waals surface area contributed by atoms with Crippen LogP contribution in [0.25, 0.3) is 11.1 Å². The van der Waals surface area contributed by atoms with Crippen LogP contribution >= 0.6 is 0 Å². The molecule has 0 aromatic heterocycles. The molecule has 1 aliphatic rings. The fourth-order valence-electron chi connectivity index (χ4n) is 4.49. The van der Waals surface area contributed by atoms with E-state index >= 15 is 0 Å². The van der Waals surface area contributed by atoms with E-state index in [1.165, 1.54) is 18.2 Å². The van der Waals surface area contributed by atoms with Crippen molar-refractivity contribution in [2.45, 2.75) is 37.8 Å². The molecule has 2 atom stereocenters. The Morgan fingerprint density at radius 1 is 1.00 bits per heavy atom. The number of rotatable bonds is 7. The standard InChI is InChI=1S/C27H27F2NO3/c1-19(20-7-9-21(10-8-20)22-11-13-23(28)14-12-22)30-17-16-27(15-4-18-31,33-26(30)32)24-5-2-3-6-25(24)29/h2-3,5-14,19,31H,4,15-18H2,1H3/t19-,27?/m0/s1. The molecule has 1 amide bonds. The Hall–Kier alpha value is -3.25. The zero-order chi connectivity index (χ0) is 23.4. The van der Waals surface area contributed by atoms with E-state index in [1.54, 1.807) is 35.2 Å². The number of carbonyl (C=O) groups is 1. The molecule has 0 radical (unpaired) electrons. The lowest BCUT2D eigenvalue weighted by atomic mass is 9.84. The van der Waals surface area contributed by atoms with Crippen molar-refractivity contribution < 1.29 is 23.4 Å². The summed E-state index contributed by atoms with van der Waals surface area (Å²) >= 11 is 0. The summed E-state index contributed by atoms with van der Waals surface area (Å²) < 4.78 is 33.7. The Labute approximate surface area is 192 Å². The average molecular weight is 452 g/mol. The molecule has 1 saturated heterocycles. The second-order valence-electron chi connectivity index (χ2n) is 8.42. The van der Waals surface area contributed by atoms with Gasteiger partial charge < -0.3 is 14.7 Å². The summed E-state index contributed by atoms with van der Waals surface area (Å²) in [5.41, 5.74) is 2.06. The smallest absolute Gasteiger partial charge is 0.411 e. The molecule has 1 unspecified atom stereocenters. The predicted molar refractivity (Wildman–Crippen MR) is 122 cm³/mol. The minimum absolute atomic E-state index is 0.0612. The van der Waals surface area contributed by atoms with Crippen molar-refractivity contribution in [2.75, 3.05) is 13.2 Å². The first-order valence-electron chi connectivity index (χ1n) is 11.1. The Bertz CT molecular complexity index is 1100. The average Bonchev–Trinajstić information content (AvgIpc) is 2.83. The minimum Gasteiger partial charge on any atom is -0.438 e. The number of halogens is 2. The van der Waals surface area contributed by atoms with E-state index in [-0.39, 0.29) is 18.5 Å². The van der Waals surface area contributed by atoms with Crippen LogP contribution in [0.3, 0.4) is 0 Å². The third-order valence-electron chi connectivity index (χ3n) is 6.42. The molecule has 4 rings (SSSR count). The van der Waals surface area contributed by atoms with Crippen LogP contribution in [0.15, 0.2) is 72.8 Å². The lowest BCUT2D eigenvalue weighted by Gasteiger charge is -2.43.